The van der Waals surface area contributed by atoms with Gasteiger partial charge in [0.1, 0.15) is 0 Å². The van der Waals surface area contributed by atoms with Crippen LogP contribution in [-0.2, 0) is 6.18 Å². The average Bonchev–Trinajstić information content (AvgIpc) is 2.15. The van der Waals surface area contributed by atoms with Crippen LogP contribution in [0.3, 0.4) is 0 Å². The molecule has 0 unspecified atom stereocenters. The van der Waals surface area contributed by atoms with Crippen molar-refractivity contribution in [3.05, 3.63) is 29.3 Å². The third kappa shape index (κ3) is 2.53. The second kappa shape index (κ2) is 4.15. The lowest BCUT2D eigenvalue weighted by molar-refractivity contribution is -0.137. The Morgan fingerprint density at radius 3 is 2.19 bits per heavy atom. The lowest BCUT2D eigenvalue weighted by Gasteiger charge is -2.19. The number of hydrogen-bond acceptors (Lipinski definition) is 2. The molecule has 0 aliphatic rings. The van der Waals surface area contributed by atoms with E-state index >= 15 is 0 Å². The standard InChI is InChI=1S/C11H12F3NO/c1-7(16)8-4-5-10(15(2)3)9(6-8)11(12,13)14/h4-6H,1-3H3. The Bertz CT molecular complexity index is 410. The Morgan fingerprint density at radius 2 is 1.81 bits per heavy atom. The number of nitrogens with zero attached hydrogens (tertiary/aromatic N) is 1. The van der Waals surface area contributed by atoms with Gasteiger partial charge in [-0.15, -0.1) is 0 Å². The highest BCUT2D eigenvalue weighted by atomic mass is 19.4. The normalized spacial score (nSPS) is 11.4. The fourth-order valence-electron chi connectivity index (χ4n) is 1.37. The van der Waals surface area contributed by atoms with Crippen LogP contribution in [0.15, 0.2) is 18.2 Å². The van der Waals surface area contributed by atoms with E-state index in [-0.39, 0.29) is 17.0 Å². The first-order valence-corrected chi connectivity index (χ1v) is 4.63. The molecule has 0 saturated carbocycles. The van der Waals surface area contributed by atoms with Gasteiger partial charge in [0.05, 0.1) is 5.56 Å². The fourth-order valence-corrected chi connectivity index (χ4v) is 1.37. The predicted molar refractivity (Wildman–Crippen MR) is 55.8 cm³/mol. The van der Waals surface area contributed by atoms with E-state index in [0.29, 0.717) is 0 Å². The molecule has 0 heterocycles. The van der Waals surface area contributed by atoms with Crippen LogP contribution >= 0.6 is 0 Å². The number of carbonyl (C=O) groups excluding carboxylic acids is 1. The largest absolute Gasteiger partial charge is 0.418 e. The molecule has 0 saturated heterocycles. The van der Waals surface area contributed by atoms with E-state index in [0.717, 1.165) is 6.07 Å². The van der Waals surface area contributed by atoms with E-state index in [1.165, 1.54) is 38.1 Å². The smallest absolute Gasteiger partial charge is 0.377 e. The van der Waals surface area contributed by atoms with Crippen LogP contribution in [0.2, 0.25) is 0 Å². The molecule has 1 rings (SSSR count). The molecule has 0 N–H and O–H groups in total. The molecule has 1 aromatic rings. The molecule has 0 aliphatic heterocycles. The van der Waals surface area contributed by atoms with Crippen LogP contribution in [-0.4, -0.2) is 19.9 Å². The summed E-state index contributed by atoms with van der Waals surface area (Å²) in [7, 11) is 3.05. The minimum atomic E-state index is -4.45. The summed E-state index contributed by atoms with van der Waals surface area (Å²) < 4.78 is 38.1. The SMILES string of the molecule is CC(=O)c1ccc(N(C)C)c(C(F)(F)F)c1. The van der Waals surface area contributed by atoms with Crippen molar-refractivity contribution in [2.75, 3.05) is 19.0 Å². The lowest BCUT2D eigenvalue weighted by atomic mass is 10.1. The number of halogens is 3. The minimum Gasteiger partial charge on any atom is -0.377 e. The van der Waals surface area contributed by atoms with Gasteiger partial charge in [-0.2, -0.15) is 13.2 Å². The van der Waals surface area contributed by atoms with E-state index in [2.05, 4.69) is 0 Å². The molecule has 0 atom stereocenters. The predicted octanol–water partition coefficient (Wildman–Crippen LogP) is 2.97. The molecule has 0 spiro atoms. The second-order valence-electron chi connectivity index (χ2n) is 3.68. The number of ketones is 1. The third-order valence-electron chi connectivity index (χ3n) is 2.19. The first-order chi connectivity index (χ1) is 7.23. The van der Waals surface area contributed by atoms with E-state index < -0.39 is 11.7 Å². The average molecular weight is 231 g/mol. The highest BCUT2D eigenvalue weighted by Crippen LogP contribution is 2.36. The van der Waals surface area contributed by atoms with Gasteiger partial charge < -0.3 is 4.90 Å². The highest BCUT2D eigenvalue weighted by Gasteiger charge is 2.34. The Balaban J connectivity index is 3.39. The number of alkyl halides is 3. The summed E-state index contributed by atoms with van der Waals surface area (Å²) in [6.07, 6.45) is -4.45. The van der Waals surface area contributed by atoms with Crippen LogP contribution in [0, 0.1) is 0 Å². The molecule has 0 amide bonds. The number of hydrogen-bond donors (Lipinski definition) is 0. The summed E-state index contributed by atoms with van der Waals surface area (Å²) in [5, 5.41) is 0. The lowest BCUT2D eigenvalue weighted by Crippen LogP contribution is -2.17. The van der Waals surface area contributed by atoms with E-state index in [1.54, 1.807) is 0 Å². The Labute approximate surface area is 91.7 Å². The fraction of sp³-hybridized carbons (Fsp3) is 0.364. The molecule has 16 heavy (non-hydrogen) atoms. The van der Waals surface area contributed by atoms with E-state index in [9.17, 15) is 18.0 Å². The maximum absolute atomic E-state index is 12.7. The number of anilines is 1. The van der Waals surface area contributed by atoms with Gasteiger partial charge >= 0.3 is 6.18 Å². The van der Waals surface area contributed by atoms with Crippen molar-refractivity contribution in [2.24, 2.45) is 0 Å². The molecule has 5 heteroatoms. The van der Waals surface area contributed by atoms with Crippen molar-refractivity contribution in [2.45, 2.75) is 13.1 Å². The van der Waals surface area contributed by atoms with Crippen molar-refractivity contribution >= 4 is 11.5 Å². The molecule has 0 bridgehead atoms. The zero-order valence-electron chi connectivity index (χ0n) is 9.22. The number of benzene rings is 1. The van der Waals surface area contributed by atoms with Gasteiger partial charge in [0.25, 0.3) is 0 Å². The summed E-state index contributed by atoms with van der Waals surface area (Å²) in [5.41, 5.74) is -0.666. The van der Waals surface area contributed by atoms with Crippen LogP contribution in [0.5, 0.6) is 0 Å². The molecule has 0 aliphatic carbocycles. The minimum absolute atomic E-state index is 0.0532. The first kappa shape index (κ1) is 12.5. The van der Waals surface area contributed by atoms with Gasteiger partial charge in [0.2, 0.25) is 0 Å². The second-order valence-corrected chi connectivity index (χ2v) is 3.68. The van der Waals surface area contributed by atoms with E-state index in [4.69, 9.17) is 0 Å². The van der Waals surface area contributed by atoms with Gasteiger partial charge in [-0.1, -0.05) is 0 Å². The van der Waals surface area contributed by atoms with Crippen LogP contribution in [0.4, 0.5) is 18.9 Å². The number of carbonyl (C=O) groups is 1. The maximum atomic E-state index is 12.7. The summed E-state index contributed by atoms with van der Waals surface area (Å²) in [6, 6.07) is 3.59. The molecule has 0 fully saturated rings. The molecule has 0 radical (unpaired) electrons. The summed E-state index contributed by atoms with van der Waals surface area (Å²) in [5.74, 6) is -0.379. The van der Waals surface area contributed by atoms with Gasteiger partial charge in [0.15, 0.2) is 5.78 Å². The Kier molecular flexibility index (Phi) is 3.26. The van der Waals surface area contributed by atoms with E-state index in [1.807, 2.05) is 0 Å². The van der Waals surface area contributed by atoms with Gasteiger partial charge in [-0.05, 0) is 25.1 Å². The first-order valence-electron chi connectivity index (χ1n) is 4.63. The molecule has 88 valence electrons. The van der Waals surface area contributed by atoms with Crippen molar-refractivity contribution in [1.29, 1.82) is 0 Å². The topological polar surface area (TPSA) is 20.3 Å². The Morgan fingerprint density at radius 1 is 1.25 bits per heavy atom. The zero-order chi connectivity index (χ0) is 12.5. The molecule has 0 aromatic heterocycles. The van der Waals surface area contributed by atoms with Crippen molar-refractivity contribution in [1.82, 2.24) is 0 Å². The number of rotatable bonds is 2. The zero-order valence-corrected chi connectivity index (χ0v) is 9.22. The molecular weight excluding hydrogens is 219 g/mol. The summed E-state index contributed by atoms with van der Waals surface area (Å²) in [4.78, 5) is 12.4. The van der Waals surface area contributed by atoms with Crippen molar-refractivity contribution in [3.8, 4) is 0 Å². The van der Waals surface area contributed by atoms with Gasteiger partial charge in [-0.25, -0.2) is 0 Å². The molecule has 1 aromatic carbocycles. The van der Waals surface area contributed by atoms with Crippen molar-refractivity contribution < 1.29 is 18.0 Å². The summed E-state index contributed by atoms with van der Waals surface area (Å²) >= 11 is 0. The van der Waals surface area contributed by atoms with Gasteiger partial charge in [0, 0.05) is 25.3 Å². The highest BCUT2D eigenvalue weighted by molar-refractivity contribution is 5.94. The summed E-state index contributed by atoms with van der Waals surface area (Å²) in [6.45, 7) is 1.24. The van der Waals surface area contributed by atoms with Crippen LogP contribution < -0.4 is 4.90 Å². The molecular formula is C11H12F3NO. The quantitative estimate of drug-likeness (QED) is 0.729. The monoisotopic (exact) mass is 231 g/mol. The van der Waals surface area contributed by atoms with Crippen LogP contribution in [0.1, 0.15) is 22.8 Å². The van der Waals surface area contributed by atoms with Crippen LogP contribution in [0.25, 0.3) is 0 Å². The third-order valence-corrected chi connectivity index (χ3v) is 2.19. The van der Waals surface area contributed by atoms with Gasteiger partial charge in [-0.3, -0.25) is 4.79 Å². The Hall–Kier alpha value is -1.52. The molecule has 2 nitrogen and oxygen atoms in total. The maximum Gasteiger partial charge on any atom is 0.418 e. The number of Topliss-reactive ketones (excluding diaryl/α,β-unsaturated/α-hetero) is 1. The van der Waals surface area contributed by atoms with Crippen molar-refractivity contribution in [3.63, 3.8) is 0 Å².